The lowest BCUT2D eigenvalue weighted by molar-refractivity contribution is 0.468. The predicted molar refractivity (Wildman–Crippen MR) is 96.7 cm³/mol. The predicted octanol–water partition coefficient (Wildman–Crippen LogP) is 2.57. The Morgan fingerprint density at radius 2 is 1.41 bits per heavy atom. The van der Waals surface area contributed by atoms with Crippen molar-refractivity contribution < 1.29 is 25.9 Å². The van der Waals surface area contributed by atoms with Gasteiger partial charge in [0, 0.05) is 5.39 Å². The van der Waals surface area contributed by atoms with Crippen molar-refractivity contribution in [2.75, 3.05) is 5.32 Å². The second kappa shape index (κ2) is 6.82. The molecule has 27 heavy (non-hydrogen) atoms. The van der Waals surface area contributed by atoms with E-state index in [0.29, 0.717) is 0 Å². The fraction of sp³-hybridized carbons (Fsp3) is 0. The van der Waals surface area contributed by atoms with Gasteiger partial charge in [0.25, 0.3) is 20.2 Å². The molecule has 3 N–H and O–H groups in total. The Bertz CT molecular complexity index is 1260. The van der Waals surface area contributed by atoms with Gasteiger partial charge in [-0.1, -0.05) is 24.3 Å². The van der Waals surface area contributed by atoms with Crippen LogP contribution in [0.5, 0.6) is 0 Å². The van der Waals surface area contributed by atoms with Crippen LogP contribution in [0.4, 0.5) is 11.6 Å². The van der Waals surface area contributed by atoms with Crippen LogP contribution in [0.25, 0.3) is 10.8 Å². The Morgan fingerprint density at radius 1 is 0.852 bits per heavy atom. The van der Waals surface area contributed by atoms with Crippen LogP contribution >= 0.6 is 23.2 Å². The van der Waals surface area contributed by atoms with Crippen LogP contribution in [0.3, 0.4) is 0 Å². The summed E-state index contributed by atoms with van der Waals surface area (Å²) in [5, 5.41) is 1.91. The molecule has 2 aromatic carbocycles. The normalized spacial score (nSPS) is 12.3. The van der Waals surface area contributed by atoms with Crippen molar-refractivity contribution in [1.82, 2.24) is 15.0 Å². The number of hydrogen-bond donors (Lipinski definition) is 3. The first-order chi connectivity index (χ1) is 12.5. The molecule has 0 saturated heterocycles. The summed E-state index contributed by atoms with van der Waals surface area (Å²) in [5.41, 5.74) is -0.429. The first-order valence-electron chi connectivity index (χ1n) is 6.81. The van der Waals surface area contributed by atoms with Crippen molar-refractivity contribution in [2.45, 2.75) is 9.79 Å². The van der Waals surface area contributed by atoms with E-state index in [0.717, 1.165) is 0 Å². The summed E-state index contributed by atoms with van der Waals surface area (Å²) in [6, 6.07) is 6.95. The maximum absolute atomic E-state index is 11.9. The first-order valence-corrected chi connectivity index (χ1v) is 10.5. The molecule has 0 spiro atoms. The van der Waals surface area contributed by atoms with Crippen LogP contribution in [-0.2, 0) is 20.2 Å². The van der Waals surface area contributed by atoms with Crippen LogP contribution in [-0.4, -0.2) is 40.9 Å². The lowest BCUT2D eigenvalue weighted by atomic mass is 10.1. The molecule has 0 amide bonds. The van der Waals surface area contributed by atoms with Crippen LogP contribution < -0.4 is 5.32 Å². The number of benzene rings is 2. The summed E-state index contributed by atoms with van der Waals surface area (Å²) < 4.78 is 66.8. The van der Waals surface area contributed by atoms with Gasteiger partial charge in [-0.3, -0.25) is 9.11 Å². The van der Waals surface area contributed by atoms with E-state index in [-0.39, 0.29) is 27.3 Å². The van der Waals surface area contributed by atoms with Crippen molar-refractivity contribution in [3.63, 3.8) is 0 Å². The third kappa shape index (κ3) is 4.10. The molecule has 1 heterocycles. The SMILES string of the molecule is O=S(=O)(O)c1c(Nc2nc(Cl)nc(Cl)n2)cc2ccccc2c1S(=O)(=O)O. The van der Waals surface area contributed by atoms with E-state index in [1.165, 1.54) is 24.3 Å². The number of aromatic nitrogens is 3. The summed E-state index contributed by atoms with van der Waals surface area (Å²) in [6.07, 6.45) is 0. The number of hydrogen-bond acceptors (Lipinski definition) is 8. The van der Waals surface area contributed by atoms with E-state index in [1.54, 1.807) is 6.07 Å². The summed E-state index contributed by atoms with van der Waals surface area (Å²) in [4.78, 5) is 8.80. The largest absolute Gasteiger partial charge is 0.323 e. The summed E-state index contributed by atoms with van der Waals surface area (Å²) in [7, 11) is -10.2. The number of nitrogens with zero attached hydrogens (tertiary/aromatic N) is 3. The van der Waals surface area contributed by atoms with Gasteiger partial charge >= 0.3 is 0 Å². The maximum atomic E-state index is 11.9. The minimum Gasteiger partial charge on any atom is -0.323 e. The van der Waals surface area contributed by atoms with E-state index < -0.39 is 35.7 Å². The molecule has 0 unspecified atom stereocenters. The van der Waals surface area contributed by atoms with Gasteiger partial charge in [0.1, 0.15) is 9.79 Å². The van der Waals surface area contributed by atoms with Crippen LogP contribution in [0.2, 0.25) is 10.6 Å². The quantitative estimate of drug-likeness (QED) is 0.503. The fourth-order valence-corrected chi connectivity index (χ4v) is 4.94. The van der Waals surface area contributed by atoms with Gasteiger partial charge in [-0.05, 0) is 34.7 Å². The van der Waals surface area contributed by atoms with Gasteiger partial charge in [-0.25, -0.2) is 0 Å². The van der Waals surface area contributed by atoms with E-state index in [4.69, 9.17) is 23.2 Å². The Kier molecular flexibility index (Phi) is 4.96. The molecule has 10 nitrogen and oxygen atoms in total. The minimum absolute atomic E-state index is 0.120. The molecule has 0 saturated carbocycles. The minimum atomic E-state index is -5.12. The average Bonchev–Trinajstić information content (AvgIpc) is 2.50. The molecule has 142 valence electrons. The number of rotatable bonds is 4. The summed E-state index contributed by atoms with van der Waals surface area (Å²) >= 11 is 11.3. The van der Waals surface area contributed by atoms with E-state index in [2.05, 4.69) is 20.3 Å². The summed E-state index contributed by atoms with van der Waals surface area (Å²) in [5.74, 6) is -0.318. The van der Waals surface area contributed by atoms with Crippen LogP contribution in [0.1, 0.15) is 0 Å². The van der Waals surface area contributed by atoms with Crippen molar-refractivity contribution in [3.8, 4) is 0 Å². The zero-order chi connectivity index (χ0) is 20.0. The molecule has 0 aliphatic carbocycles. The lowest BCUT2D eigenvalue weighted by Crippen LogP contribution is -2.13. The maximum Gasteiger partial charge on any atom is 0.298 e. The van der Waals surface area contributed by atoms with Crippen molar-refractivity contribution in [3.05, 3.63) is 40.9 Å². The molecule has 0 aliphatic rings. The molecular weight excluding hydrogens is 443 g/mol. The van der Waals surface area contributed by atoms with Gasteiger partial charge in [0.15, 0.2) is 0 Å². The highest BCUT2D eigenvalue weighted by molar-refractivity contribution is 7.89. The molecule has 0 atom stereocenters. The molecule has 1 aromatic heterocycles. The highest BCUT2D eigenvalue weighted by Crippen LogP contribution is 2.37. The smallest absolute Gasteiger partial charge is 0.298 e. The topological polar surface area (TPSA) is 159 Å². The number of fused-ring (bicyclic) bond motifs is 1. The van der Waals surface area contributed by atoms with Gasteiger partial charge in [0.05, 0.1) is 5.69 Å². The van der Waals surface area contributed by atoms with Crippen molar-refractivity contribution in [1.29, 1.82) is 0 Å². The third-order valence-corrected chi connectivity index (χ3v) is 5.65. The highest BCUT2D eigenvalue weighted by atomic mass is 35.5. The molecule has 3 rings (SSSR count). The van der Waals surface area contributed by atoms with Crippen molar-refractivity contribution >= 4 is 65.8 Å². The Hall–Kier alpha value is -2.09. The molecule has 0 fully saturated rings. The Balaban J connectivity index is 2.41. The fourth-order valence-electron chi connectivity index (χ4n) is 2.40. The molecular formula is C13H8Cl2N4O6S2. The van der Waals surface area contributed by atoms with Gasteiger partial charge in [-0.2, -0.15) is 31.8 Å². The molecule has 0 aliphatic heterocycles. The Labute approximate surface area is 162 Å². The third-order valence-electron chi connectivity index (χ3n) is 3.30. The van der Waals surface area contributed by atoms with Gasteiger partial charge in [0.2, 0.25) is 16.5 Å². The van der Waals surface area contributed by atoms with Crippen LogP contribution in [0.15, 0.2) is 40.1 Å². The van der Waals surface area contributed by atoms with E-state index in [9.17, 15) is 25.9 Å². The number of anilines is 2. The Morgan fingerprint density at radius 3 is 1.96 bits per heavy atom. The number of nitrogens with one attached hydrogen (secondary N) is 1. The van der Waals surface area contributed by atoms with E-state index >= 15 is 0 Å². The molecule has 0 radical (unpaired) electrons. The van der Waals surface area contributed by atoms with Crippen LogP contribution in [0, 0.1) is 0 Å². The standard InChI is InChI=1S/C13H8Cl2N4O6S2/c14-11-17-12(15)19-13(18-11)16-8-5-6-3-1-2-4-7(6)9(26(20,21)22)10(8)27(23,24)25/h1-5H,(H,20,21,22)(H,23,24,25)(H,16,17,18,19). The molecule has 14 heteroatoms. The second-order valence-corrected chi connectivity index (χ2v) is 8.47. The van der Waals surface area contributed by atoms with Crippen molar-refractivity contribution in [2.24, 2.45) is 0 Å². The van der Waals surface area contributed by atoms with Gasteiger partial charge in [-0.15, -0.1) is 0 Å². The lowest BCUT2D eigenvalue weighted by Gasteiger charge is -2.15. The number of halogens is 2. The first kappa shape index (κ1) is 19.7. The zero-order valence-corrected chi connectivity index (χ0v) is 16.0. The molecule has 0 bridgehead atoms. The van der Waals surface area contributed by atoms with E-state index in [1.807, 2.05) is 0 Å². The second-order valence-electron chi connectivity index (χ2n) is 5.08. The average molecular weight is 451 g/mol. The zero-order valence-electron chi connectivity index (χ0n) is 12.8. The molecule has 3 aromatic rings. The highest BCUT2D eigenvalue weighted by Gasteiger charge is 2.30. The summed E-state index contributed by atoms with van der Waals surface area (Å²) in [6.45, 7) is 0. The monoisotopic (exact) mass is 450 g/mol. The van der Waals surface area contributed by atoms with Gasteiger partial charge < -0.3 is 5.32 Å².